The van der Waals surface area contributed by atoms with Crippen molar-refractivity contribution in [1.29, 1.82) is 0 Å². The first-order valence-corrected chi connectivity index (χ1v) is 7.60. The first-order valence-electron chi connectivity index (χ1n) is 6.12. The van der Waals surface area contributed by atoms with Gasteiger partial charge in [0.1, 0.15) is 5.76 Å². The van der Waals surface area contributed by atoms with Crippen molar-refractivity contribution in [3.8, 4) is 0 Å². The summed E-state index contributed by atoms with van der Waals surface area (Å²) in [5.41, 5.74) is 1.07. The van der Waals surface area contributed by atoms with E-state index in [0.717, 1.165) is 0 Å². The summed E-state index contributed by atoms with van der Waals surface area (Å²) >= 11 is 0. The van der Waals surface area contributed by atoms with E-state index in [4.69, 9.17) is 4.52 Å². The van der Waals surface area contributed by atoms with Crippen molar-refractivity contribution in [1.82, 2.24) is 9.88 Å². The quantitative estimate of drug-likeness (QED) is 0.890. The molecule has 1 heterocycles. The third-order valence-electron chi connectivity index (χ3n) is 2.86. The standard InChI is InChI=1S/C13H15N3O4S/c1-8-4-5-10(7-12(8)21(18,19)14-3)15-13(17)11-6-9(2)20-16-11/h4-7,14H,1-3H3,(H,15,17). The largest absolute Gasteiger partial charge is 0.361 e. The zero-order chi connectivity index (χ0) is 15.6. The average molecular weight is 309 g/mol. The molecule has 0 saturated carbocycles. The fourth-order valence-corrected chi connectivity index (χ4v) is 2.74. The molecule has 0 spiro atoms. The van der Waals surface area contributed by atoms with Crippen LogP contribution in [0.1, 0.15) is 21.8 Å². The number of aromatic nitrogens is 1. The lowest BCUT2D eigenvalue weighted by Crippen LogP contribution is -2.20. The molecule has 2 rings (SSSR count). The number of carbonyl (C=O) groups is 1. The van der Waals surface area contributed by atoms with Crippen LogP contribution < -0.4 is 10.0 Å². The van der Waals surface area contributed by atoms with E-state index in [1.54, 1.807) is 26.0 Å². The summed E-state index contributed by atoms with van der Waals surface area (Å²) in [6.45, 7) is 3.35. The van der Waals surface area contributed by atoms with Crippen molar-refractivity contribution >= 4 is 21.6 Å². The minimum absolute atomic E-state index is 0.110. The minimum atomic E-state index is -3.58. The monoisotopic (exact) mass is 309 g/mol. The zero-order valence-corrected chi connectivity index (χ0v) is 12.6. The van der Waals surface area contributed by atoms with E-state index in [-0.39, 0.29) is 10.6 Å². The summed E-state index contributed by atoms with van der Waals surface area (Å²) in [5, 5.41) is 6.18. The molecule has 1 amide bonds. The Kier molecular flexibility index (Phi) is 4.10. The van der Waals surface area contributed by atoms with Crippen LogP contribution in [0.25, 0.3) is 0 Å². The van der Waals surface area contributed by atoms with E-state index in [1.807, 2.05) is 0 Å². The van der Waals surface area contributed by atoms with Crippen molar-refractivity contribution in [2.75, 3.05) is 12.4 Å². The van der Waals surface area contributed by atoms with Crippen LogP contribution in [0.4, 0.5) is 5.69 Å². The highest BCUT2D eigenvalue weighted by Crippen LogP contribution is 2.20. The normalized spacial score (nSPS) is 11.4. The summed E-state index contributed by atoms with van der Waals surface area (Å²) < 4.78 is 30.8. The molecular weight excluding hydrogens is 294 g/mol. The Hall–Kier alpha value is -2.19. The number of hydrogen-bond acceptors (Lipinski definition) is 5. The predicted octanol–water partition coefficient (Wildman–Crippen LogP) is 1.45. The van der Waals surface area contributed by atoms with E-state index < -0.39 is 15.9 Å². The van der Waals surface area contributed by atoms with Crippen LogP contribution in [-0.4, -0.2) is 26.5 Å². The molecule has 2 N–H and O–H groups in total. The van der Waals surface area contributed by atoms with Gasteiger partial charge in [0.25, 0.3) is 5.91 Å². The fraction of sp³-hybridized carbons (Fsp3) is 0.231. The summed E-state index contributed by atoms with van der Waals surface area (Å²) in [6.07, 6.45) is 0. The Balaban J connectivity index is 2.30. The maximum Gasteiger partial charge on any atom is 0.277 e. The summed E-state index contributed by atoms with van der Waals surface area (Å²) in [7, 11) is -2.25. The van der Waals surface area contributed by atoms with Gasteiger partial charge in [-0.3, -0.25) is 4.79 Å². The average Bonchev–Trinajstić information content (AvgIpc) is 2.87. The van der Waals surface area contributed by atoms with E-state index in [2.05, 4.69) is 15.2 Å². The molecular formula is C13H15N3O4S. The van der Waals surface area contributed by atoms with Gasteiger partial charge in [0.15, 0.2) is 5.69 Å². The molecule has 0 fully saturated rings. The molecule has 7 nitrogen and oxygen atoms in total. The summed E-state index contributed by atoms with van der Waals surface area (Å²) in [5.74, 6) is 0.0472. The van der Waals surface area contributed by atoms with Crippen LogP contribution in [-0.2, 0) is 10.0 Å². The van der Waals surface area contributed by atoms with Crippen LogP contribution in [0.3, 0.4) is 0 Å². The molecule has 0 aliphatic carbocycles. The van der Waals surface area contributed by atoms with Gasteiger partial charge in [-0.15, -0.1) is 0 Å². The van der Waals surface area contributed by atoms with Crippen LogP contribution in [0.2, 0.25) is 0 Å². The van der Waals surface area contributed by atoms with Crippen molar-refractivity contribution < 1.29 is 17.7 Å². The van der Waals surface area contributed by atoms with Crippen molar-refractivity contribution in [2.24, 2.45) is 0 Å². The third-order valence-corrected chi connectivity index (χ3v) is 4.42. The minimum Gasteiger partial charge on any atom is -0.361 e. The molecule has 0 saturated heterocycles. The molecule has 0 aliphatic heterocycles. The number of nitrogens with zero attached hydrogens (tertiary/aromatic N) is 1. The number of amides is 1. The Morgan fingerprint density at radius 1 is 1.24 bits per heavy atom. The lowest BCUT2D eigenvalue weighted by atomic mass is 10.2. The topological polar surface area (TPSA) is 101 Å². The Bertz CT molecular complexity index is 780. The van der Waals surface area contributed by atoms with E-state index in [0.29, 0.717) is 17.0 Å². The molecule has 112 valence electrons. The van der Waals surface area contributed by atoms with Gasteiger partial charge >= 0.3 is 0 Å². The van der Waals surface area contributed by atoms with E-state index in [1.165, 1.54) is 19.2 Å². The Morgan fingerprint density at radius 3 is 2.52 bits per heavy atom. The molecule has 0 bridgehead atoms. The number of hydrogen-bond donors (Lipinski definition) is 2. The SMILES string of the molecule is CNS(=O)(=O)c1cc(NC(=O)c2cc(C)on2)ccc1C. The van der Waals surface area contributed by atoms with Crippen molar-refractivity contribution in [2.45, 2.75) is 18.7 Å². The Morgan fingerprint density at radius 2 is 1.95 bits per heavy atom. The first-order chi connectivity index (χ1) is 9.83. The van der Waals surface area contributed by atoms with E-state index >= 15 is 0 Å². The number of aryl methyl sites for hydroxylation is 2. The number of benzene rings is 1. The molecule has 21 heavy (non-hydrogen) atoms. The molecule has 2 aromatic rings. The molecule has 8 heteroatoms. The van der Waals surface area contributed by atoms with Crippen LogP contribution in [0.5, 0.6) is 0 Å². The lowest BCUT2D eigenvalue weighted by Gasteiger charge is -2.09. The number of nitrogens with one attached hydrogen (secondary N) is 2. The van der Waals surface area contributed by atoms with Gasteiger partial charge < -0.3 is 9.84 Å². The number of sulfonamides is 1. The molecule has 0 radical (unpaired) electrons. The molecule has 0 atom stereocenters. The van der Waals surface area contributed by atoms with Gasteiger partial charge in [-0.1, -0.05) is 11.2 Å². The lowest BCUT2D eigenvalue weighted by molar-refractivity contribution is 0.101. The van der Waals surface area contributed by atoms with Gasteiger partial charge in [-0.2, -0.15) is 0 Å². The van der Waals surface area contributed by atoms with E-state index in [9.17, 15) is 13.2 Å². The molecule has 0 aliphatic rings. The zero-order valence-electron chi connectivity index (χ0n) is 11.8. The summed E-state index contributed by atoms with van der Waals surface area (Å²) in [4.78, 5) is 12.1. The highest BCUT2D eigenvalue weighted by molar-refractivity contribution is 7.89. The van der Waals surface area contributed by atoms with Gasteiger partial charge in [-0.05, 0) is 38.6 Å². The van der Waals surface area contributed by atoms with Gasteiger partial charge in [0.05, 0.1) is 4.90 Å². The first kappa shape index (κ1) is 15.2. The number of rotatable bonds is 4. The van der Waals surface area contributed by atoms with Crippen molar-refractivity contribution in [3.05, 3.63) is 41.3 Å². The summed E-state index contributed by atoms with van der Waals surface area (Å²) in [6, 6.07) is 6.13. The second kappa shape index (κ2) is 5.66. The van der Waals surface area contributed by atoms with Crippen LogP contribution in [0.15, 0.2) is 33.7 Å². The Labute approximate surface area is 122 Å². The number of anilines is 1. The van der Waals surface area contributed by atoms with Crippen molar-refractivity contribution in [3.63, 3.8) is 0 Å². The maximum atomic E-state index is 11.9. The maximum absolute atomic E-state index is 11.9. The molecule has 1 aromatic carbocycles. The third kappa shape index (κ3) is 3.29. The predicted molar refractivity (Wildman–Crippen MR) is 76.6 cm³/mol. The number of carbonyl (C=O) groups excluding carboxylic acids is 1. The second-order valence-corrected chi connectivity index (χ2v) is 6.32. The molecule has 0 unspecified atom stereocenters. The highest BCUT2D eigenvalue weighted by atomic mass is 32.2. The molecule has 1 aromatic heterocycles. The van der Waals surface area contributed by atoms with Gasteiger partial charge in [0.2, 0.25) is 10.0 Å². The smallest absolute Gasteiger partial charge is 0.277 e. The van der Waals surface area contributed by atoms with Gasteiger partial charge in [0, 0.05) is 11.8 Å². The second-order valence-electron chi connectivity index (χ2n) is 4.46. The van der Waals surface area contributed by atoms with Crippen LogP contribution in [0, 0.1) is 13.8 Å². The van der Waals surface area contributed by atoms with Crippen LogP contribution >= 0.6 is 0 Å². The fourth-order valence-electron chi connectivity index (χ4n) is 1.75. The highest BCUT2D eigenvalue weighted by Gasteiger charge is 2.17. The van der Waals surface area contributed by atoms with Gasteiger partial charge in [-0.25, -0.2) is 13.1 Å².